The number of cyclic esters (lactones) is 1. The average Bonchev–Trinajstić information content (AvgIpc) is 3.28. The maximum absolute atomic E-state index is 14.0. The number of aliphatic carboxylic acids is 1. The van der Waals surface area contributed by atoms with E-state index in [1.165, 1.54) is 22.3 Å². The summed E-state index contributed by atoms with van der Waals surface area (Å²) < 4.78 is 17.3. The molecule has 3 aromatic rings. The summed E-state index contributed by atoms with van der Waals surface area (Å²) in [6.07, 6.45) is 0.315. The number of ether oxygens (including phenoxy) is 3. The molecule has 3 amide bonds. The molecule has 3 fully saturated rings. The Kier molecular flexibility index (Phi) is 8.43. The van der Waals surface area contributed by atoms with Crippen LogP contribution in [0.4, 0.5) is 9.93 Å². The molecule has 15 heteroatoms. The number of rotatable bonds is 11. The van der Waals surface area contributed by atoms with Gasteiger partial charge in [-0.2, -0.15) is 0 Å². The minimum absolute atomic E-state index is 0.0151. The number of carboxylic acids is 1. The molecule has 1 aromatic carbocycles. The molecule has 2 aromatic heterocycles. The van der Waals surface area contributed by atoms with Gasteiger partial charge in [-0.15, -0.1) is 17.9 Å². The van der Waals surface area contributed by atoms with Gasteiger partial charge in [0.2, 0.25) is 11.8 Å². The second-order valence-corrected chi connectivity index (χ2v) is 13.9. The molecule has 6 rings (SSSR count). The quantitative estimate of drug-likeness (QED) is 0.218. The zero-order chi connectivity index (χ0) is 34.5. The molecule has 254 valence electrons. The molecule has 4 heterocycles. The molecule has 3 aliphatic rings. The molecule has 14 nitrogen and oxygen atoms in total. The molecule has 2 saturated heterocycles. The van der Waals surface area contributed by atoms with Crippen molar-refractivity contribution in [1.82, 2.24) is 25.5 Å². The van der Waals surface area contributed by atoms with Gasteiger partial charge in [-0.25, -0.2) is 19.6 Å². The predicted molar refractivity (Wildman–Crippen MR) is 177 cm³/mol. The lowest BCUT2D eigenvalue weighted by Gasteiger charge is -2.30. The predicted octanol–water partition coefficient (Wildman–Crippen LogP) is 3.57. The van der Waals surface area contributed by atoms with E-state index in [-0.39, 0.29) is 25.4 Å². The molecular weight excluding hydrogens is 640 g/mol. The number of pyridine rings is 1. The van der Waals surface area contributed by atoms with Crippen molar-refractivity contribution in [2.45, 2.75) is 75.9 Å². The summed E-state index contributed by atoms with van der Waals surface area (Å²) in [6, 6.07) is 5.19. The lowest BCUT2D eigenvalue weighted by molar-refractivity contribution is -0.146. The third-order valence-corrected chi connectivity index (χ3v) is 9.66. The van der Waals surface area contributed by atoms with Crippen LogP contribution in [0.15, 0.2) is 42.3 Å². The van der Waals surface area contributed by atoms with E-state index in [1.54, 1.807) is 39.2 Å². The Morgan fingerprint density at radius 2 is 2.00 bits per heavy atom. The van der Waals surface area contributed by atoms with Crippen LogP contribution in [0.2, 0.25) is 0 Å². The number of hydrogen-bond acceptors (Lipinski definition) is 11. The van der Waals surface area contributed by atoms with Crippen LogP contribution in [0.25, 0.3) is 22.3 Å². The molecule has 1 aliphatic carbocycles. The number of hydrogen-bond donors (Lipinski definition) is 4. The molecule has 48 heavy (non-hydrogen) atoms. The smallest absolute Gasteiger partial charge is 0.408 e. The molecule has 0 bridgehead atoms. The number of benzene rings is 1. The van der Waals surface area contributed by atoms with Crippen molar-refractivity contribution in [2.24, 2.45) is 5.92 Å². The second-order valence-electron chi connectivity index (χ2n) is 13.1. The fourth-order valence-corrected chi connectivity index (χ4v) is 7.11. The van der Waals surface area contributed by atoms with Gasteiger partial charge in [-0.1, -0.05) is 6.08 Å². The summed E-state index contributed by atoms with van der Waals surface area (Å²) in [5.74, 6) is -1.75. The number of carbonyl (C=O) groups is 4. The largest absolute Gasteiger partial charge is 0.497 e. The Labute approximate surface area is 280 Å². The average molecular weight is 679 g/mol. The monoisotopic (exact) mass is 678 g/mol. The highest BCUT2D eigenvalue weighted by molar-refractivity contribution is 7.14. The Morgan fingerprint density at radius 1 is 1.23 bits per heavy atom. The fourth-order valence-electron chi connectivity index (χ4n) is 6.25. The van der Waals surface area contributed by atoms with Crippen LogP contribution in [-0.2, 0) is 19.1 Å². The van der Waals surface area contributed by atoms with Crippen LogP contribution < -0.4 is 25.4 Å². The highest BCUT2D eigenvalue weighted by atomic mass is 32.1. The third-order valence-electron chi connectivity index (χ3n) is 8.89. The van der Waals surface area contributed by atoms with Crippen molar-refractivity contribution in [3.05, 3.63) is 42.3 Å². The van der Waals surface area contributed by atoms with Crippen LogP contribution in [0.1, 0.15) is 40.5 Å². The molecule has 0 radical (unpaired) electrons. The number of aromatic nitrogens is 2. The highest BCUT2D eigenvalue weighted by Gasteiger charge is 2.61. The Balaban J connectivity index is 1.33. The topological polar surface area (TPSA) is 181 Å². The van der Waals surface area contributed by atoms with E-state index in [0.29, 0.717) is 33.8 Å². The molecule has 1 saturated carbocycles. The van der Waals surface area contributed by atoms with Crippen molar-refractivity contribution < 1.29 is 38.5 Å². The molecule has 0 spiro atoms. The standard InChI is InChI=1S/C33H38N6O8S/c1-7-17-13-33(17,29(42)43)38-27(40)24-11-19(14-39(24)28(41)26-32(4,5)47-31(44)37-26)46-25-12-22(23-15-48-30(36-23)34-16(2)3)35-21-10-18(45-6)8-9-20(21)25/h7-10,12,15-17,19,24,26H,1,11,13-14H2,2-6H3,(H,34,36)(H,37,44)(H,38,40)(H,42,43)/t17-,19-,24+,26-,33-/m1/s1. The van der Waals surface area contributed by atoms with Crippen molar-refractivity contribution in [3.63, 3.8) is 0 Å². The number of thiazole rings is 1. The van der Waals surface area contributed by atoms with Gasteiger partial charge in [-0.05, 0) is 46.2 Å². The number of amides is 3. The number of anilines is 1. The van der Waals surface area contributed by atoms with Gasteiger partial charge in [0.05, 0.1) is 24.9 Å². The van der Waals surface area contributed by atoms with E-state index >= 15 is 0 Å². The number of alkyl carbamates (subject to hydrolysis) is 1. The first kappa shape index (κ1) is 33.0. The van der Waals surface area contributed by atoms with Gasteiger partial charge in [0, 0.05) is 41.3 Å². The molecular formula is C33H38N6O8S. The molecule has 0 unspecified atom stereocenters. The number of carboxylic acid groups (broad SMARTS) is 1. The molecule has 4 N–H and O–H groups in total. The Morgan fingerprint density at radius 3 is 2.62 bits per heavy atom. The lowest BCUT2D eigenvalue weighted by Crippen LogP contribution is -2.58. The maximum atomic E-state index is 14.0. The van der Waals surface area contributed by atoms with Gasteiger partial charge in [0.15, 0.2) is 11.2 Å². The van der Waals surface area contributed by atoms with E-state index in [0.717, 1.165) is 5.13 Å². The van der Waals surface area contributed by atoms with E-state index in [9.17, 15) is 24.3 Å². The second kappa shape index (κ2) is 12.3. The molecule has 2 aliphatic heterocycles. The summed E-state index contributed by atoms with van der Waals surface area (Å²) in [5, 5.41) is 21.8. The number of carbonyl (C=O) groups excluding carboxylic acids is 3. The van der Waals surface area contributed by atoms with Gasteiger partial charge in [0.25, 0.3) is 0 Å². The van der Waals surface area contributed by atoms with Crippen molar-refractivity contribution in [3.8, 4) is 22.9 Å². The number of nitrogens with one attached hydrogen (secondary N) is 3. The third kappa shape index (κ3) is 6.09. The van der Waals surface area contributed by atoms with Crippen LogP contribution in [-0.4, -0.2) is 92.9 Å². The van der Waals surface area contributed by atoms with E-state index in [4.69, 9.17) is 24.2 Å². The fraction of sp³-hybridized carbons (Fsp3) is 0.455. The highest BCUT2D eigenvalue weighted by Crippen LogP contribution is 2.45. The first-order valence-corrected chi connectivity index (χ1v) is 16.5. The Bertz CT molecular complexity index is 1810. The van der Waals surface area contributed by atoms with Crippen LogP contribution >= 0.6 is 11.3 Å². The van der Waals surface area contributed by atoms with Gasteiger partial charge >= 0.3 is 12.1 Å². The zero-order valence-electron chi connectivity index (χ0n) is 27.2. The van der Waals surface area contributed by atoms with E-state index < -0.39 is 59.1 Å². The summed E-state index contributed by atoms with van der Waals surface area (Å²) >= 11 is 1.45. The van der Waals surface area contributed by atoms with E-state index in [1.807, 2.05) is 25.3 Å². The lowest BCUT2D eigenvalue weighted by atomic mass is 9.98. The number of likely N-dealkylation sites (tertiary alicyclic amines) is 1. The SMILES string of the molecule is C=C[C@@H]1C[C@]1(NC(=O)[C@@H]1C[C@@H](Oc2cc(-c3csc(NC(C)C)n3)nc3cc(OC)ccc23)CN1C(=O)[C@H]1NC(=O)OC1(C)C)C(=O)O. The number of methoxy groups -OCH3 is 1. The van der Waals surface area contributed by atoms with Crippen LogP contribution in [0, 0.1) is 5.92 Å². The van der Waals surface area contributed by atoms with Crippen LogP contribution in [0.5, 0.6) is 11.5 Å². The van der Waals surface area contributed by atoms with Crippen molar-refractivity contribution in [1.29, 1.82) is 0 Å². The Hall–Kier alpha value is -4.92. The van der Waals surface area contributed by atoms with Crippen molar-refractivity contribution >= 4 is 51.2 Å². The summed E-state index contributed by atoms with van der Waals surface area (Å²) in [4.78, 5) is 62.9. The minimum atomic E-state index is -1.50. The summed E-state index contributed by atoms with van der Waals surface area (Å²) in [5.41, 5.74) is -0.902. The minimum Gasteiger partial charge on any atom is -0.497 e. The maximum Gasteiger partial charge on any atom is 0.408 e. The number of nitrogens with zero attached hydrogens (tertiary/aromatic N) is 3. The first-order valence-electron chi connectivity index (χ1n) is 15.6. The van der Waals surface area contributed by atoms with Crippen molar-refractivity contribution in [2.75, 3.05) is 19.0 Å². The summed E-state index contributed by atoms with van der Waals surface area (Å²) in [6.45, 7) is 10.9. The first-order chi connectivity index (χ1) is 22.7. The zero-order valence-corrected chi connectivity index (χ0v) is 28.1. The van der Waals surface area contributed by atoms with Gasteiger partial charge in [0.1, 0.15) is 40.5 Å². The van der Waals surface area contributed by atoms with Gasteiger partial charge < -0.3 is 40.2 Å². The molecule has 5 atom stereocenters. The van der Waals surface area contributed by atoms with E-state index in [2.05, 4.69) is 22.5 Å². The van der Waals surface area contributed by atoms with Gasteiger partial charge in [-0.3, -0.25) is 9.59 Å². The summed E-state index contributed by atoms with van der Waals surface area (Å²) in [7, 11) is 1.56. The number of fused-ring (bicyclic) bond motifs is 1. The normalized spacial score (nSPS) is 25.7. The van der Waals surface area contributed by atoms with Crippen LogP contribution in [0.3, 0.4) is 0 Å².